The van der Waals surface area contributed by atoms with Crippen molar-refractivity contribution in [3.05, 3.63) is 27.7 Å². The smallest absolute Gasteiger partial charge is 0.0604 e. The number of anilines is 1. The van der Waals surface area contributed by atoms with Crippen molar-refractivity contribution in [2.24, 2.45) is 0 Å². The van der Waals surface area contributed by atoms with E-state index in [-0.39, 0.29) is 6.61 Å². The van der Waals surface area contributed by atoms with Gasteiger partial charge in [-0.05, 0) is 58.5 Å². The van der Waals surface area contributed by atoms with E-state index in [1.54, 1.807) is 0 Å². The Morgan fingerprint density at radius 2 is 2.00 bits per heavy atom. The maximum absolute atomic E-state index is 8.73. The van der Waals surface area contributed by atoms with Crippen LogP contribution in [0, 0.1) is 0 Å². The maximum atomic E-state index is 8.73. The van der Waals surface area contributed by atoms with Gasteiger partial charge < -0.3 is 10.4 Å². The van der Waals surface area contributed by atoms with Gasteiger partial charge in [0.05, 0.1) is 6.61 Å². The fourth-order valence-electron chi connectivity index (χ4n) is 1.92. The number of rotatable bonds is 3. The Morgan fingerprint density at radius 3 is 2.71 bits per heavy atom. The summed E-state index contributed by atoms with van der Waals surface area (Å²) < 4.78 is 1.10. The molecule has 0 saturated carbocycles. The summed E-state index contributed by atoms with van der Waals surface area (Å²) in [6.07, 6.45) is 3.66. The van der Waals surface area contributed by atoms with E-state index in [9.17, 15) is 0 Å². The largest absolute Gasteiger partial charge is 0.395 e. The number of benzene rings is 1. The third kappa shape index (κ3) is 1.93. The Balaban J connectivity index is 2.23. The molecule has 2 N–H and O–H groups in total. The third-order valence-electron chi connectivity index (χ3n) is 2.61. The summed E-state index contributed by atoms with van der Waals surface area (Å²) in [4.78, 5) is 0. The van der Waals surface area contributed by atoms with Crippen LogP contribution in [0.3, 0.4) is 0 Å². The summed E-state index contributed by atoms with van der Waals surface area (Å²) in [5, 5.41) is 11.9. The first kappa shape index (κ1) is 9.99. The summed E-state index contributed by atoms with van der Waals surface area (Å²) in [7, 11) is 0. The highest BCUT2D eigenvalue weighted by molar-refractivity contribution is 9.10. The van der Waals surface area contributed by atoms with E-state index < -0.39 is 0 Å². The van der Waals surface area contributed by atoms with E-state index in [2.05, 4.69) is 33.4 Å². The van der Waals surface area contributed by atoms with Gasteiger partial charge in [-0.1, -0.05) is 0 Å². The summed E-state index contributed by atoms with van der Waals surface area (Å²) in [5.74, 6) is 0. The molecule has 0 spiro atoms. The van der Waals surface area contributed by atoms with Gasteiger partial charge in [0.25, 0.3) is 0 Å². The van der Waals surface area contributed by atoms with E-state index in [0.29, 0.717) is 6.54 Å². The fraction of sp³-hybridized carbons (Fsp3) is 0.455. The van der Waals surface area contributed by atoms with Crippen LogP contribution in [0.5, 0.6) is 0 Å². The minimum atomic E-state index is 0.170. The molecule has 0 radical (unpaired) electrons. The van der Waals surface area contributed by atoms with Crippen LogP contribution >= 0.6 is 15.9 Å². The Labute approximate surface area is 92.5 Å². The lowest BCUT2D eigenvalue weighted by Gasteiger charge is -2.09. The number of aliphatic hydroxyl groups is 1. The van der Waals surface area contributed by atoms with Crippen molar-refractivity contribution < 1.29 is 5.11 Å². The predicted molar refractivity (Wildman–Crippen MR) is 61.7 cm³/mol. The molecule has 0 heterocycles. The molecule has 0 fully saturated rings. The van der Waals surface area contributed by atoms with Crippen molar-refractivity contribution >= 4 is 21.6 Å². The van der Waals surface area contributed by atoms with Gasteiger partial charge in [0.15, 0.2) is 0 Å². The van der Waals surface area contributed by atoms with Crippen LogP contribution in [-0.2, 0) is 12.8 Å². The van der Waals surface area contributed by atoms with Crippen LogP contribution in [-0.4, -0.2) is 18.3 Å². The van der Waals surface area contributed by atoms with Gasteiger partial charge in [0, 0.05) is 16.7 Å². The highest BCUT2D eigenvalue weighted by Gasteiger charge is 2.13. The van der Waals surface area contributed by atoms with Crippen LogP contribution in [0.15, 0.2) is 16.6 Å². The molecule has 76 valence electrons. The lowest BCUT2D eigenvalue weighted by molar-refractivity contribution is 0.311. The quantitative estimate of drug-likeness (QED) is 0.870. The number of nitrogens with one attached hydrogen (secondary N) is 1. The molecule has 14 heavy (non-hydrogen) atoms. The second-order valence-electron chi connectivity index (χ2n) is 3.60. The van der Waals surface area contributed by atoms with Crippen molar-refractivity contribution in [2.45, 2.75) is 19.3 Å². The average Bonchev–Trinajstić information content (AvgIpc) is 2.61. The van der Waals surface area contributed by atoms with E-state index in [1.165, 1.54) is 30.4 Å². The first-order valence-electron chi connectivity index (χ1n) is 4.97. The molecule has 1 aliphatic carbocycles. The maximum Gasteiger partial charge on any atom is 0.0604 e. The van der Waals surface area contributed by atoms with Gasteiger partial charge in [0.2, 0.25) is 0 Å². The Morgan fingerprint density at radius 1 is 1.29 bits per heavy atom. The van der Waals surface area contributed by atoms with Crippen molar-refractivity contribution in [3.8, 4) is 0 Å². The number of halogens is 1. The molecule has 2 nitrogen and oxygen atoms in total. The third-order valence-corrected chi connectivity index (χ3v) is 3.26. The van der Waals surface area contributed by atoms with Gasteiger partial charge in [-0.25, -0.2) is 0 Å². The van der Waals surface area contributed by atoms with E-state index in [4.69, 9.17) is 5.11 Å². The summed E-state index contributed by atoms with van der Waals surface area (Å²) in [6.45, 7) is 0.779. The van der Waals surface area contributed by atoms with Crippen molar-refractivity contribution in [3.63, 3.8) is 0 Å². The number of hydrogen-bond acceptors (Lipinski definition) is 2. The zero-order chi connectivity index (χ0) is 9.97. The number of hydrogen-bond donors (Lipinski definition) is 2. The Kier molecular flexibility index (Phi) is 3.08. The van der Waals surface area contributed by atoms with Crippen LogP contribution in [0.2, 0.25) is 0 Å². The SMILES string of the molecule is OCCNc1cc2c(cc1Br)CCC2. The van der Waals surface area contributed by atoms with Gasteiger partial charge in [0.1, 0.15) is 0 Å². The minimum absolute atomic E-state index is 0.170. The lowest BCUT2D eigenvalue weighted by Crippen LogP contribution is -2.06. The number of aliphatic hydroxyl groups excluding tert-OH is 1. The Bertz CT molecular complexity index is 338. The molecule has 2 rings (SSSR count). The van der Waals surface area contributed by atoms with Crippen molar-refractivity contribution in [2.75, 3.05) is 18.5 Å². The van der Waals surface area contributed by atoms with E-state index in [0.717, 1.165) is 10.2 Å². The molecular formula is C11H14BrNO. The zero-order valence-corrected chi connectivity index (χ0v) is 9.60. The molecule has 0 unspecified atom stereocenters. The molecule has 0 bridgehead atoms. The molecule has 0 saturated heterocycles. The molecule has 1 aliphatic rings. The predicted octanol–water partition coefficient (Wildman–Crippen LogP) is 2.34. The van der Waals surface area contributed by atoms with Crippen molar-refractivity contribution in [1.82, 2.24) is 0 Å². The first-order chi connectivity index (χ1) is 6.81. The molecule has 0 aliphatic heterocycles. The summed E-state index contributed by atoms with van der Waals surface area (Å²) in [5.41, 5.74) is 4.01. The van der Waals surface area contributed by atoms with Crippen LogP contribution < -0.4 is 5.32 Å². The van der Waals surface area contributed by atoms with Gasteiger partial charge in [-0.3, -0.25) is 0 Å². The van der Waals surface area contributed by atoms with Gasteiger partial charge >= 0.3 is 0 Å². The van der Waals surface area contributed by atoms with Crippen LogP contribution in [0.1, 0.15) is 17.5 Å². The van der Waals surface area contributed by atoms with Crippen molar-refractivity contribution in [1.29, 1.82) is 0 Å². The number of fused-ring (bicyclic) bond motifs is 1. The molecule has 0 aromatic heterocycles. The minimum Gasteiger partial charge on any atom is -0.395 e. The molecule has 1 aromatic carbocycles. The van der Waals surface area contributed by atoms with Crippen LogP contribution in [0.25, 0.3) is 0 Å². The monoisotopic (exact) mass is 255 g/mol. The lowest BCUT2D eigenvalue weighted by atomic mass is 10.1. The number of aryl methyl sites for hydroxylation is 2. The second kappa shape index (κ2) is 4.32. The highest BCUT2D eigenvalue weighted by atomic mass is 79.9. The molecule has 0 atom stereocenters. The highest BCUT2D eigenvalue weighted by Crippen LogP contribution is 2.31. The molecule has 3 heteroatoms. The van der Waals surface area contributed by atoms with E-state index in [1.807, 2.05) is 0 Å². The normalized spacial score (nSPS) is 14.1. The summed E-state index contributed by atoms with van der Waals surface area (Å²) in [6, 6.07) is 4.39. The topological polar surface area (TPSA) is 32.3 Å². The van der Waals surface area contributed by atoms with Gasteiger partial charge in [-0.2, -0.15) is 0 Å². The second-order valence-corrected chi connectivity index (χ2v) is 4.46. The molecule has 0 amide bonds. The molecule has 1 aromatic rings. The zero-order valence-electron chi connectivity index (χ0n) is 8.02. The Hall–Kier alpha value is -0.540. The first-order valence-corrected chi connectivity index (χ1v) is 5.76. The fourth-order valence-corrected chi connectivity index (χ4v) is 2.45. The standard InChI is InChI=1S/C11H14BrNO/c12-10-6-8-2-1-3-9(8)7-11(10)13-4-5-14/h6-7,13-14H,1-5H2. The van der Waals surface area contributed by atoms with Crippen LogP contribution in [0.4, 0.5) is 5.69 Å². The average molecular weight is 256 g/mol. The summed E-state index contributed by atoms with van der Waals surface area (Å²) >= 11 is 3.54. The molecular weight excluding hydrogens is 242 g/mol. The van der Waals surface area contributed by atoms with E-state index >= 15 is 0 Å². The van der Waals surface area contributed by atoms with Gasteiger partial charge in [-0.15, -0.1) is 0 Å².